The molecule has 0 radical (unpaired) electrons. The van der Waals surface area contributed by atoms with Crippen molar-refractivity contribution in [3.63, 3.8) is 0 Å². The molecular weight excluding hydrogens is 251 g/mol. The Morgan fingerprint density at radius 1 is 1.28 bits per heavy atom. The number of rotatable bonds is 2. The lowest BCUT2D eigenvalue weighted by Gasteiger charge is -2.26. The Morgan fingerprint density at radius 3 is 2.89 bits per heavy atom. The summed E-state index contributed by atoms with van der Waals surface area (Å²) in [6, 6.07) is 1.46. The van der Waals surface area contributed by atoms with Crippen molar-refractivity contribution in [2.45, 2.75) is 0 Å². The molecule has 1 aliphatic rings. The van der Waals surface area contributed by atoms with E-state index in [9.17, 15) is 4.39 Å². The Balaban J connectivity index is 1.84. The first-order chi connectivity index (χ1) is 8.83. The molecular formula is C12H13FN4S. The molecule has 2 aromatic rings. The Morgan fingerprint density at radius 2 is 2.11 bits per heavy atom. The van der Waals surface area contributed by atoms with E-state index in [1.807, 2.05) is 5.38 Å². The molecule has 0 spiro atoms. The van der Waals surface area contributed by atoms with Crippen molar-refractivity contribution in [2.75, 3.05) is 31.1 Å². The monoisotopic (exact) mass is 264 g/mol. The van der Waals surface area contributed by atoms with Crippen LogP contribution in [0.1, 0.15) is 0 Å². The molecule has 0 bridgehead atoms. The number of hydrogen-bond acceptors (Lipinski definition) is 5. The van der Waals surface area contributed by atoms with Gasteiger partial charge in [0.25, 0.3) is 0 Å². The normalized spacial score (nSPS) is 15.9. The van der Waals surface area contributed by atoms with Gasteiger partial charge >= 0.3 is 0 Å². The molecule has 6 heteroatoms. The quantitative estimate of drug-likeness (QED) is 0.897. The van der Waals surface area contributed by atoms with E-state index in [0.29, 0.717) is 0 Å². The Kier molecular flexibility index (Phi) is 3.21. The third kappa shape index (κ3) is 2.34. The predicted molar refractivity (Wildman–Crippen MR) is 70.4 cm³/mol. The summed E-state index contributed by atoms with van der Waals surface area (Å²) in [6.45, 7) is 3.90. The fourth-order valence-corrected chi connectivity index (χ4v) is 2.84. The lowest BCUT2D eigenvalue weighted by Crippen LogP contribution is -2.43. The van der Waals surface area contributed by atoms with Gasteiger partial charge in [-0.2, -0.15) is 0 Å². The molecule has 1 N–H and O–H groups in total. The first kappa shape index (κ1) is 11.6. The topological polar surface area (TPSA) is 41.1 Å². The lowest BCUT2D eigenvalue weighted by atomic mass is 10.2. The van der Waals surface area contributed by atoms with Gasteiger partial charge in [-0.3, -0.25) is 4.98 Å². The van der Waals surface area contributed by atoms with Gasteiger partial charge in [0.15, 0.2) is 5.13 Å². The summed E-state index contributed by atoms with van der Waals surface area (Å²) in [6.07, 6.45) is 2.84. The van der Waals surface area contributed by atoms with Crippen molar-refractivity contribution >= 4 is 16.5 Å². The van der Waals surface area contributed by atoms with Crippen LogP contribution in [0.15, 0.2) is 23.8 Å². The largest absolute Gasteiger partial charge is 0.346 e. The zero-order valence-electron chi connectivity index (χ0n) is 9.77. The molecule has 1 saturated heterocycles. The summed E-state index contributed by atoms with van der Waals surface area (Å²) in [5, 5.41) is 6.25. The fourth-order valence-electron chi connectivity index (χ4n) is 1.95. The number of hydrogen-bond donors (Lipinski definition) is 1. The van der Waals surface area contributed by atoms with Gasteiger partial charge in [0.2, 0.25) is 0 Å². The zero-order chi connectivity index (χ0) is 12.4. The van der Waals surface area contributed by atoms with E-state index in [1.165, 1.54) is 12.3 Å². The smallest absolute Gasteiger partial charge is 0.185 e. The third-order valence-corrected chi connectivity index (χ3v) is 3.78. The standard InChI is InChI=1S/C12H13FN4S/c13-10-5-9(6-15-7-10)11-8-18-12(16-11)17-3-1-14-2-4-17/h5-8,14H,1-4H2. The van der Waals surface area contributed by atoms with E-state index in [1.54, 1.807) is 17.5 Å². The molecule has 0 saturated carbocycles. The molecule has 18 heavy (non-hydrogen) atoms. The molecule has 4 nitrogen and oxygen atoms in total. The number of nitrogens with zero attached hydrogens (tertiary/aromatic N) is 3. The van der Waals surface area contributed by atoms with Gasteiger partial charge in [0, 0.05) is 43.3 Å². The van der Waals surface area contributed by atoms with Gasteiger partial charge in [0.05, 0.1) is 11.9 Å². The Hall–Kier alpha value is -1.53. The van der Waals surface area contributed by atoms with Gasteiger partial charge in [-0.25, -0.2) is 9.37 Å². The van der Waals surface area contributed by atoms with Crippen molar-refractivity contribution < 1.29 is 4.39 Å². The highest BCUT2D eigenvalue weighted by atomic mass is 32.1. The number of nitrogens with one attached hydrogen (secondary N) is 1. The van der Waals surface area contributed by atoms with E-state index in [0.717, 1.165) is 42.6 Å². The average molecular weight is 264 g/mol. The summed E-state index contributed by atoms with van der Waals surface area (Å²) < 4.78 is 13.1. The summed E-state index contributed by atoms with van der Waals surface area (Å²) >= 11 is 1.59. The molecule has 1 fully saturated rings. The maximum atomic E-state index is 13.1. The molecule has 0 amide bonds. The zero-order valence-corrected chi connectivity index (χ0v) is 10.6. The highest BCUT2D eigenvalue weighted by Crippen LogP contribution is 2.27. The van der Waals surface area contributed by atoms with Gasteiger partial charge < -0.3 is 10.2 Å². The highest BCUT2D eigenvalue weighted by molar-refractivity contribution is 7.14. The second-order valence-electron chi connectivity index (χ2n) is 4.14. The number of thiazole rings is 1. The van der Waals surface area contributed by atoms with Crippen LogP contribution >= 0.6 is 11.3 Å². The second kappa shape index (κ2) is 4.99. The van der Waals surface area contributed by atoms with Crippen LogP contribution in [0, 0.1) is 5.82 Å². The van der Waals surface area contributed by atoms with Crippen molar-refractivity contribution in [3.8, 4) is 11.3 Å². The fraction of sp³-hybridized carbons (Fsp3) is 0.333. The van der Waals surface area contributed by atoms with Gasteiger partial charge in [-0.15, -0.1) is 11.3 Å². The molecule has 1 aliphatic heterocycles. The molecule has 0 atom stereocenters. The van der Waals surface area contributed by atoms with Crippen LogP contribution in [0.25, 0.3) is 11.3 Å². The molecule has 0 aromatic carbocycles. The van der Waals surface area contributed by atoms with E-state index in [4.69, 9.17) is 0 Å². The Labute approximate surface area is 108 Å². The molecule has 3 heterocycles. The van der Waals surface area contributed by atoms with E-state index in [-0.39, 0.29) is 5.82 Å². The minimum atomic E-state index is -0.329. The summed E-state index contributed by atoms with van der Waals surface area (Å²) in [7, 11) is 0. The van der Waals surface area contributed by atoms with Crippen LogP contribution in [-0.2, 0) is 0 Å². The third-order valence-electron chi connectivity index (χ3n) is 2.88. The SMILES string of the molecule is Fc1cncc(-c2csc(N3CCNCC3)n2)c1. The minimum Gasteiger partial charge on any atom is -0.346 e. The van der Waals surface area contributed by atoms with Crippen molar-refractivity contribution in [1.82, 2.24) is 15.3 Å². The number of pyridine rings is 1. The van der Waals surface area contributed by atoms with Crippen LogP contribution in [-0.4, -0.2) is 36.1 Å². The summed E-state index contributed by atoms with van der Waals surface area (Å²) in [4.78, 5) is 10.7. The van der Waals surface area contributed by atoms with E-state index < -0.39 is 0 Å². The van der Waals surface area contributed by atoms with Crippen molar-refractivity contribution in [2.24, 2.45) is 0 Å². The first-order valence-electron chi connectivity index (χ1n) is 5.85. The van der Waals surface area contributed by atoms with Gasteiger partial charge in [-0.05, 0) is 6.07 Å². The summed E-state index contributed by atoms with van der Waals surface area (Å²) in [5.74, 6) is -0.329. The summed E-state index contributed by atoms with van der Waals surface area (Å²) in [5.41, 5.74) is 1.52. The molecule has 0 unspecified atom stereocenters. The minimum absolute atomic E-state index is 0.329. The Bertz CT molecular complexity index is 536. The molecule has 3 rings (SSSR count). The average Bonchev–Trinajstić information content (AvgIpc) is 2.89. The number of piperazine rings is 1. The maximum absolute atomic E-state index is 13.1. The maximum Gasteiger partial charge on any atom is 0.185 e. The van der Waals surface area contributed by atoms with Gasteiger partial charge in [-0.1, -0.05) is 0 Å². The highest BCUT2D eigenvalue weighted by Gasteiger charge is 2.14. The lowest BCUT2D eigenvalue weighted by molar-refractivity contribution is 0.588. The van der Waals surface area contributed by atoms with Crippen LogP contribution in [0.5, 0.6) is 0 Å². The van der Waals surface area contributed by atoms with Crippen LogP contribution < -0.4 is 10.2 Å². The van der Waals surface area contributed by atoms with Crippen LogP contribution in [0.3, 0.4) is 0 Å². The first-order valence-corrected chi connectivity index (χ1v) is 6.73. The molecule has 0 aliphatic carbocycles. The number of anilines is 1. The predicted octanol–water partition coefficient (Wildman–Crippen LogP) is 1.75. The van der Waals surface area contributed by atoms with E-state index in [2.05, 4.69) is 20.2 Å². The van der Waals surface area contributed by atoms with Gasteiger partial charge in [0.1, 0.15) is 5.82 Å². The van der Waals surface area contributed by atoms with E-state index >= 15 is 0 Å². The number of halogens is 1. The van der Waals surface area contributed by atoms with Crippen LogP contribution in [0.2, 0.25) is 0 Å². The van der Waals surface area contributed by atoms with Crippen LogP contribution in [0.4, 0.5) is 9.52 Å². The van der Waals surface area contributed by atoms with Crippen molar-refractivity contribution in [1.29, 1.82) is 0 Å². The van der Waals surface area contributed by atoms with Crippen molar-refractivity contribution in [3.05, 3.63) is 29.7 Å². The molecule has 94 valence electrons. The number of aromatic nitrogens is 2. The second-order valence-corrected chi connectivity index (χ2v) is 4.98. The molecule has 2 aromatic heterocycles.